The van der Waals surface area contributed by atoms with Crippen molar-refractivity contribution >= 4 is 45.1 Å². The van der Waals surface area contributed by atoms with Crippen LogP contribution < -0.4 is 11.3 Å². The molecule has 0 saturated carbocycles. The number of benzene rings is 1. The summed E-state index contributed by atoms with van der Waals surface area (Å²) < 4.78 is 1.07. The summed E-state index contributed by atoms with van der Waals surface area (Å²) in [6.45, 7) is 0. The molecule has 2 rings (SSSR count). The number of nitrogens with one attached hydrogen (secondary N) is 1. The van der Waals surface area contributed by atoms with E-state index in [4.69, 9.17) is 17.4 Å². The van der Waals surface area contributed by atoms with Crippen LogP contribution in [0.5, 0.6) is 0 Å². The zero-order chi connectivity index (χ0) is 13.0. The second-order valence-electron chi connectivity index (χ2n) is 3.51. The molecule has 0 atom stereocenters. The topological polar surface area (TPSA) is 50.9 Å². The molecule has 0 unspecified atom stereocenters. The molecule has 0 radical (unpaired) electrons. The number of rotatable bonds is 4. The molecule has 0 aliphatic heterocycles. The Kier molecular flexibility index (Phi) is 4.88. The molecule has 0 saturated heterocycles. The average molecular weight is 345 g/mol. The molecule has 3 nitrogen and oxygen atoms in total. The van der Waals surface area contributed by atoms with Gasteiger partial charge in [-0.05, 0) is 36.4 Å². The molecule has 0 aliphatic carbocycles. The third kappa shape index (κ3) is 3.62. The molecule has 0 amide bonds. The maximum absolute atomic E-state index is 6.09. The number of anilines is 1. The van der Waals surface area contributed by atoms with E-state index in [0.29, 0.717) is 16.6 Å². The molecular weight excluding hydrogens is 334 g/mol. The number of hydrogen-bond donors (Lipinski definition) is 2. The van der Waals surface area contributed by atoms with E-state index in [1.807, 2.05) is 24.3 Å². The molecule has 3 N–H and O–H groups in total. The molecule has 18 heavy (non-hydrogen) atoms. The summed E-state index contributed by atoms with van der Waals surface area (Å²) in [7, 11) is 0. The maximum Gasteiger partial charge on any atom is 0.140 e. The fourth-order valence-electron chi connectivity index (χ4n) is 1.35. The van der Waals surface area contributed by atoms with Gasteiger partial charge in [0.15, 0.2) is 0 Å². The maximum atomic E-state index is 6.09. The van der Waals surface area contributed by atoms with E-state index in [9.17, 15) is 0 Å². The first-order chi connectivity index (χ1) is 8.69. The average Bonchev–Trinajstić information content (AvgIpc) is 2.40. The largest absolute Gasteiger partial charge is 0.308 e. The molecule has 1 aromatic carbocycles. The highest BCUT2D eigenvalue weighted by Crippen LogP contribution is 2.27. The van der Waals surface area contributed by atoms with Crippen LogP contribution in [0.2, 0.25) is 5.02 Å². The smallest absolute Gasteiger partial charge is 0.140 e. The molecule has 0 fully saturated rings. The van der Waals surface area contributed by atoms with Gasteiger partial charge in [0.25, 0.3) is 0 Å². The summed E-state index contributed by atoms with van der Waals surface area (Å²) in [5.74, 6) is 6.65. The van der Waals surface area contributed by atoms with E-state index in [1.54, 1.807) is 23.9 Å². The third-order valence-corrected chi connectivity index (χ3v) is 4.15. The molecule has 0 bridgehead atoms. The van der Waals surface area contributed by atoms with Crippen LogP contribution in [0.15, 0.2) is 45.8 Å². The lowest BCUT2D eigenvalue weighted by Gasteiger charge is -2.06. The summed E-state index contributed by atoms with van der Waals surface area (Å²) in [6, 6.07) is 11.7. The monoisotopic (exact) mass is 343 g/mol. The molecule has 2 aromatic rings. The summed E-state index contributed by atoms with van der Waals surface area (Å²) in [4.78, 5) is 5.49. The Balaban J connectivity index is 2.07. The van der Waals surface area contributed by atoms with Crippen molar-refractivity contribution in [2.24, 2.45) is 5.84 Å². The van der Waals surface area contributed by atoms with E-state index < -0.39 is 0 Å². The van der Waals surface area contributed by atoms with Crippen molar-refractivity contribution in [3.05, 3.63) is 51.6 Å². The van der Waals surface area contributed by atoms with E-state index in [2.05, 4.69) is 26.3 Å². The summed E-state index contributed by atoms with van der Waals surface area (Å²) >= 11 is 11.2. The number of halogens is 2. The number of aromatic nitrogens is 1. The molecule has 0 spiro atoms. The Labute approximate surface area is 123 Å². The Hall–Kier alpha value is -0.750. The normalized spacial score (nSPS) is 10.4. The van der Waals surface area contributed by atoms with E-state index in [1.165, 1.54) is 4.90 Å². The highest BCUT2D eigenvalue weighted by atomic mass is 79.9. The van der Waals surface area contributed by atoms with Crippen LogP contribution in [0.3, 0.4) is 0 Å². The van der Waals surface area contributed by atoms with E-state index in [0.717, 1.165) is 10.2 Å². The number of hydrazine groups is 1. The van der Waals surface area contributed by atoms with Crippen LogP contribution >= 0.6 is 39.3 Å². The SMILES string of the molecule is NNc1ccc(Cl)c(CSc2ccc(Br)cc2)n1. The van der Waals surface area contributed by atoms with Crippen molar-refractivity contribution in [3.63, 3.8) is 0 Å². The van der Waals surface area contributed by atoms with Crippen LogP contribution in [-0.2, 0) is 5.75 Å². The van der Waals surface area contributed by atoms with Crippen molar-refractivity contribution in [3.8, 4) is 0 Å². The van der Waals surface area contributed by atoms with Gasteiger partial charge < -0.3 is 5.43 Å². The molecule has 1 heterocycles. The van der Waals surface area contributed by atoms with Gasteiger partial charge in [0.1, 0.15) is 5.82 Å². The first-order valence-electron chi connectivity index (χ1n) is 5.19. The molecule has 6 heteroatoms. The number of nitrogens with two attached hydrogens (primary N) is 1. The molecule has 1 aromatic heterocycles. The predicted molar refractivity (Wildman–Crippen MR) is 80.8 cm³/mol. The van der Waals surface area contributed by atoms with Gasteiger partial charge in [-0.1, -0.05) is 27.5 Å². The zero-order valence-electron chi connectivity index (χ0n) is 9.36. The summed E-state index contributed by atoms with van der Waals surface area (Å²) in [5, 5.41) is 0.651. The number of pyridine rings is 1. The van der Waals surface area contributed by atoms with E-state index in [-0.39, 0.29) is 0 Å². The number of nitrogens with zero attached hydrogens (tertiary/aromatic N) is 1. The van der Waals surface area contributed by atoms with Crippen molar-refractivity contribution in [2.75, 3.05) is 5.43 Å². The Morgan fingerprint density at radius 3 is 2.61 bits per heavy atom. The molecule has 0 aliphatic rings. The minimum atomic E-state index is 0.616. The second kappa shape index (κ2) is 6.43. The van der Waals surface area contributed by atoms with Crippen LogP contribution in [0.4, 0.5) is 5.82 Å². The third-order valence-electron chi connectivity index (χ3n) is 2.26. The van der Waals surface area contributed by atoms with Gasteiger partial charge in [0, 0.05) is 15.1 Å². The van der Waals surface area contributed by atoms with Crippen LogP contribution in [0.1, 0.15) is 5.69 Å². The summed E-state index contributed by atoms with van der Waals surface area (Å²) in [5.41, 5.74) is 3.33. The first kappa shape index (κ1) is 13.7. The minimum Gasteiger partial charge on any atom is -0.308 e. The van der Waals surface area contributed by atoms with Gasteiger partial charge in [-0.3, -0.25) is 0 Å². The van der Waals surface area contributed by atoms with Gasteiger partial charge in [-0.15, -0.1) is 11.8 Å². The van der Waals surface area contributed by atoms with Crippen LogP contribution in [0.25, 0.3) is 0 Å². The fraction of sp³-hybridized carbons (Fsp3) is 0.0833. The first-order valence-corrected chi connectivity index (χ1v) is 7.35. The van der Waals surface area contributed by atoms with Gasteiger partial charge in [-0.25, -0.2) is 10.8 Å². The summed E-state index contributed by atoms with van der Waals surface area (Å²) in [6.07, 6.45) is 0. The fourth-order valence-corrected chi connectivity index (χ4v) is 2.72. The number of thioether (sulfide) groups is 1. The minimum absolute atomic E-state index is 0.616. The van der Waals surface area contributed by atoms with Gasteiger partial charge in [0.05, 0.1) is 10.7 Å². The zero-order valence-corrected chi connectivity index (χ0v) is 12.5. The van der Waals surface area contributed by atoms with Crippen LogP contribution in [-0.4, -0.2) is 4.98 Å². The lowest BCUT2D eigenvalue weighted by Crippen LogP contribution is -2.09. The van der Waals surface area contributed by atoms with Crippen molar-refractivity contribution in [1.82, 2.24) is 4.98 Å². The molecule has 94 valence electrons. The van der Waals surface area contributed by atoms with Crippen molar-refractivity contribution in [2.45, 2.75) is 10.6 Å². The molecular formula is C12H11BrClN3S. The lowest BCUT2D eigenvalue weighted by molar-refractivity contribution is 1.14. The highest BCUT2D eigenvalue weighted by molar-refractivity contribution is 9.10. The highest BCUT2D eigenvalue weighted by Gasteiger charge is 2.04. The van der Waals surface area contributed by atoms with Gasteiger partial charge >= 0.3 is 0 Å². The number of hydrogen-bond acceptors (Lipinski definition) is 4. The van der Waals surface area contributed by atoms with E-state index >= 15 is 0 Å². The van der Waals surface area contributed by atoms with Crippen molar-refractivity contribution < 1.29 is 0 Å². The predicted octanol–water partition coefficient (Wildman–Crippen LogP) is 4.08. The second-order valence-corrected chi connectivity index (χ2v) is 5.88. The lowest BCUT2D eigenvalue weighted by atomic mass is 10.4. The Bertz CT molecular complexity index is 533. The van der Waals surface area contributed by atoms with Crippen LogP contribution in [0, 0.1) is 0 Å². The van der Waals surface area contributed by atoms with Gasteiger partial charge in [-0.2, -0.15) is 0 Å². The standard InChI is InChI=1S/C12H11BrClN3S/c13-8-1-3-9(4-2-8)18-7-11-10(14)5-6-12(16-11)17-15/h1-6H,7,15H2,(H,16,17). The number of nitrogen functional groups attached to an aromatic ring is 1. The Morgan fingerprint density at radius 1 is 1.22 bits per heavy atom. The van der Waals surface area contributed by atoms with Crippen molar-refractivity contribution in [1.29, 1.82) is 0 Å². The van der Waals surface area contributed by atoms with Gasteiger partial charge in [0.2, 0.25) is 0 Å². The Morgan fingerprint density at radius 2 is 1.94 bits per heavy atom. The quantitative estimate of drug-likeness (QED) is 0.498.